The fourth-order valence-electron chi connectivity index (χ4n) is 2.38. The third kappa shape index (κ3) is 2.88. The van der Waals surface area contributed by atoms with Crippen LogP contribution in [0.15, 0.2) is 54.6 Å². The molecule has 0 unspecified atom stereocenters. The third-order valence-corrected chi connectivity index (χ3v) is 3.53. The Morgan fingerprint density at radius 3 is 1.52 bits per heavy atom. The van der Waals surface area contributed by atoms with Gasteiger partial charge in [0.05, 0.1) is 0 Å². The summed E-state index contributed by atoms with van der Waals surface area (Å²) in [5, 5.41) is 9.38. The molecule has 0 aromatic heterocycles. The number of benzene rings is 3. The van der Waals surface area contributed by atoms with Crippen molar-refractivity contribution in [3.8, 4) is 5.75 Å². The summed E-state index contributed by atoms with van der Waals surface area (Å²) in [5.74, 6) is -10.3. The molecule has 0 amide bonds. The number of hydrogen-bond donors (Lipinski definition) is 1. The van der Waals surface area contributed by atoms with Crippen molar-refractivity contribution in [2.24, 2.45) is 0 Å². The first-order chi connectivity index (χ1) is 11.9. The second-order valence-electron chi connectivity index (χ2n) is 5.11. The molecule has 3 aromatic rings. The minimum atomic E-state index is -2.22. The Hall–Kier alpha value is -3.09. The maximum absolute atomic E-state index is 14.3. The number of anilines is 3. The predicted molar refractivity (Wildman–Crippen MR) is 82.6 cm³/mol. The van der Waals surface area contributed by atoms with Crippen LogP contribution >= 0.6 is 0 Å². The maximum atomic E-state index is 14.3. The molecule has 0 spiro atoms. The lowest BCUT2D eigenvalue weighted by Gasteiger charge is -2.26. The molecule has 3 rings (SSSR count). The number of phenolic OH excluding ortho intramolecular Hbond substituents is 1. The van der Waals surface area contributed by atoms with Gasteiger partial charge in [0.25, 0.3) is 0 Å². The molecule has 2 nitrogen and oxygen atoms in total. The van der Waals surface area contributed by atoms with E-state index in [2.05, 4.69) is 0 Å². The normalized spacial score (nSPS) is 10.8. The standard InChI is InChI=1S/C18H10F5NO/c19-13-14(20)16(22)18(17(23)15(13)21)24(10-4-2-1-3-5-10)11-6-8-12(25)9-7-11/h1-9,25H. The largest absolute Gasteiger partial charge is 0.508 e. The SMILES string of the molecule is Oc1ccc(N(c2ccccc2)c2c(F)c(F)c(F)c(F)c2F)cc1. The summed E-state index contributed by atoms with van der Waals surface area (Å²) < 4.78 is 69.2. The van der Waals surface area contributed by atoms with Crippen LogP contribution in [0.4, 0.5) is 39.0 Å². The average molecular weight is 351 g/mol. The third-order valence-electron chi connectivity index (χ3n) is 3.53. The zero-order chi connectivity index (χ0) is 18.1. The van der Waals surface area contributed by atoms with Gasteiger partial charge in [-0.1, -0.05) is 18.2 Å². The van der Waals surface area contributed by atoms with Crippen LogP contribution in [0.2, 0.25) is 0 Å². The molecule has 0 fully saturated rings. The molecule has 7 heteroatoms. The summed E-state index contributed by atoms with van der Waals surface area (Å²) >= 11 is 0. The van der Waals surface area contributed by atoms with Crippen LogP contribution in [-0.4, -0.2) is 5.11 Å². The maximum Gasteiger partial charge on any atom is 0.200 e. The monoisotopic (exact) mass is 351 g/mol. The first kappa shape index (κ1) is 16.8. The molecule has 3 aromatic carbocycles. The van der Waals surface area contributed by atoms with Gasteiger partial charge in [0, 0.05) is 11.4 Å². The molecule has 0 atom stereocenters. The molecular formula is C18H10F5NO. The molecule has 1 N–H and O–H groups in total. The first-order valence-electron chi connectivity index (χ1n) is 7.07. The van der Waals surface area contributed by atoms with Gasteiger partial charge >= 0.3 is 0 Å². The number of hydrogen-bond acceptors (Lipinski definition) is 2. The summed E-state index contributed by atoms with van der Waals surface area (Å²) in [4.78, 5) is 0.885. The Balaban J connectivity index is 2.32. The van der Waals surface area contributed by atoms with E-state index in [-0.39, 0.29) is 17.1 Å². The Bertz CT molecular complexity index is 884. The summed E-state index contributed by atoms with van der Waals surface area (Å²) in [6, 6.07) is 12.7. The second kappa shape index (κ2) is 6.43. The van der Waals surface area contributed by atoms with Gasteiger partial charge in [-0.3, -0.25) is 0 Å². The zero-order valence-electron chi connectivity index (χ0n) is 12.5. The van der Waals surface area contributed by atoms with Crippen LogP contribution in [-0.2, 0) is 0 Å². The van der Waals surface area contributed by atoms with Crippen LogP contribution in [0.1, 0.15) is 0 Å². The number of para-hydroxylation sites is 1. The van der Waals surface area contributed by atoms with Gasteiger partial charge in [-0.05, 0) is 36.4 Å². The van der Waals surface area contributed by atoms with Gasteiger partial charge in [0.2, 0.25) is 5.82 Å². The summed E-state index contributed by atoms with van der Waals surface area (Å²) in [5.41, 5.74) is -0.822. The van der Waals surface area contributed by atoms with Crippen molar-refractivity contribution < 1.29 is 27.1 Å². The molecular weight excluding hydrogens is 341 g/mol. The quantitative estimate of drug-likeness (QED) is 0.379. The van der Waals surface area contributed by atoms with Gasteiger partial charge in [0.15, 0.2) is 23.3 Å². The Morgan fingerprint density at radius 2 is 1.00 bits per heavy atom. The zero-order valence-corrected chi connectivity index (χ0v) is 12.5. The topological polar surface area (TPSA) is 23.5 Å². The van der Waals surface area contributed by atoms with Crippen LogP contribution < -0.4 is 4.90 Å². The van der Waals surface area contributed by atoms with E-state index in [0.29, 0.717) is 0 Å². The van der Waals surface area contributed by atoms with Crippen LogP contribution in [0.25, 0.3) is 0 Å². The number of nitrogens with zero attached hydrogens (tertiary/aromatic N) is 1. The summed E-state index contributed by atoms with van der Waals surface area (Å²) in [7, 11) is 0. The average Bonchev–Trinajstić information content (AvgIpc) is 2.64. The number of rotatable bonds is 3. The van der Waals surface area contributed by atoms with Crippen molar-refractivity contribution in [3.05, 3.63) is 83.7 Å². The van der Waals surface area contributed by atoms with Crippen molar-refractivity contribution in [1.29, 1.82) is 0 Å². The van der Waals surface area contributed by atoms with Crippen LogP contribution in [0.3, 0.4) is 0 Å². The Morgan fingerprint density at radius 1 is 0.560 bits per heavy atom. The fourth-order valence-corrected chi connectivity index (χ4v) is 2.38. The Labute approximate surface area is 139 Å². The summed E-state index contributed by atoms with van der Waals surface area (Å²) in [6.07, 6.45) is 0. The second-order valence-corrected chi connectivity index (χ2v) is 5.11. The van der Waals surface area contributed by atoms with Crippen molar-refractivity contribution in [2.45, 2.75) is 0 Å². The fraction of sp³-hybridized carbons (Fsp3) is 0. The molecule has 0 aliphatic rings. The minimum absolute atomic E-state index is 0.104. The van der Waals surface area contributed by atoms with E-state index in [9.17, 15) is 27.1 Å². The molecule has 0 heterocycles. The highest BCUT2D eigenvalue weighted by Crippen LogP contribution is 2.40. The van der Waals surface area contributed by atoms with Crippen molar-refractivity contribution in [1.82, 2.24) is 0 Å². The molecule has 0 aliphatic carbocycles. The molecule has 128 valence electrons. The highest BCUT2D eigenvalue weighted by Gasteiger charge is 2.30. The predicted octanol–water partition coefficient (Wildman–Crippen LogP) is 5.56. The first-order valence-corrected chi connectivity index (χ1v) is 7.07. The smallest absolute Gasteiger partial charge is 0.200 e. The molecule has 25 heavy (non-hydrogen) atoms. The van der Waals surface area contributed by atoms with Gasteiger partial charge in [-0.25, -0.2) is 22.0 Å². The van der Waals surface area contributed by atoms with E-state index in [0.717, 1.165) is 4.90 Å². The highest BCUT2D eigenvalue weighted by molar-refractivity contribution is 5.77. The number of halogens is 5. The molecule has 0 radical (unpaired) electrons. The van der Waals surface area contributed by atoms with Crippen molar-refractivity contribution >= 4 is 17.1 Å². The van der Waals surface area contributed by atoms with E-state index >= 15 is 0 Å². The number of aromatic hydroxyl groups is 1. The van der Waals surface area contributed by atoms with Crippen LogP contribution in [0, 0.1) is 29.1 Å². The van der Waals surface area contributed by atoms with Crippen LogP contribution in [0.5, 0.6) is 5.75 Å². The molecule has 0 aliphatic heterocycles. The van der Waals surface area contributed by atoms with Gasteiger partial charge < -0.3 is 10.0 Å². The van der Waals surface area contributed by atoms with Gasteiger partial charge in [-0.15, -0.1) is 0 Å². The Kier molecular flexibility index (Phi) is 4.31. The van der Waals surface area contributed by atoms with Crippen molar-refractivity contribution in [3.63, 3.8) is 0 Å². The molecule has 0 bridgehead atoms. The lowest BCUT2D eigenvalue weighted by molar-refractivity contribution is 0.380. The minimum Gasteiger partial charge on any atom is -0.508 e. The van der Waals surface area contributed by atoms with E-state index in [1.807, 2.05) is 0 Å². The van der Waals surface area contributed by atoms with E-state index in [1.165, 1.54) is 36.4 Å². The highest BCUT2D eigenvalue weighted by atomic mass is 19.2. The summed E-state index contributed by atoms with van der Waals surface area (Å²) in [6.45, 7) is 0. The number of phenols is 1. The molecule has 0 saturated heterocycles. The van der Waals surface area contributed by atoms with E-state index < -0.39 is 34.8 Å². The van der Waals surface area contributed by atoms with Gasteiger partial charge in [0.1, 0.15) is 11.4 Å². The van der Waals surface area contributed by atoms with Gasteiger partial charge in [-0.2, -0.15) is 0 Å². The van der Waals surface area contributed by atoms with E-state index in [4.69, 9.17) is 0 Å². The molecule has 0 saturated carbocycles. The lowest BCUT2D eigenvalue weighted by atomic mass is 10.1. The van der Waals surface area contributed by atoms with E-state index in [1.54, 1.807) is 18.2 Å². The van der Waals surface area contributed by atoms with Crippen molar-refractivity contribution in [2.75, 3.05) is 4.90 Å². The lowest BCUT2D eigenvalue weighted by Crippen LogP contribution is -2.16.